The molecular formula is C21H22N4O3. The van der Waals surface area contributed by atoms with Crippen molar-refractivity contribution in [3.8, 4) is 0 Å². The van der Waals surface area contributed by atoms with Crippen LogP contribution in [-0.4, -0.2) is 46.9 Å². The molecule has 0 aromatic heterocycles. The van der Waals surface area contributed by atoms with E-state index < -0.39 is 4.92 Å². The smallest absolute Gasteiger partial charge is 0.295 e. The number of non-ortho nitro benzene ring substituents is 1. The Labute approximate surface area is 163 Å². The van der Waals surface area contributed by atoms with Crippen LogP contribution in [0.2, 0.25) is 0 Å². The number of hydrogen-bond acceptors (Lipinski definition) is 4. The van der Waals surface area contributed by atoms with Gasteiger partial charge in [0.1, 0.15) is 0 Å². The average molecular weight is 378 g/mol. The van der Waals surface area contributed by atoms with Gasteiger partial charge in [0.2, 0.25) is 0 Å². The maximum atomic E-state index is 12.9. The van der Waals surface area contributed by atoms with E-state index in [1.165, 1.54) is 17.7 Å². The van der Waals surface area contributed by atoms with Gasteiger partial charge in [0, 0.05) is 56.2 Å². The van der Waals surface area contributed by atoms with Crippen LogP contribution in [0.15, 0.2) is 66.4 Å². The normalized spacial score (nSPS) is 17.7. The first-order chi connectivity index (χ1) is 13.6. The Kier molecular flexibility index (Phi) is 5.08. The fourth-order valence-electron chi connectivity index (χ4n) is 3.76. The van der Waals surface area contributed by atoms with E-state index in [1.807, 2.05) is 23.1 Å². The summed E-state index contributed by atoms with van der Waals surface area (Å²) in [5, 5.41) is 10.8. The fraction of sp³-hybridized carbons (Fsp3) is 0.286. The number of urea groups is 1. The Morgan fingerprint density at radius 2 is 1.64 bits per heavy atom. The Balaban J connectivity index is 1.43. The van der Waals surface area contributed by atoms with Gasteiger partial charge < -0.3 is 0 Å². The van der Waals surface area contributed by atoms with E-state index in [0.717, 1.165) is 31.8 Å². The highest BCUT2D eigenvalue weighted by atomic mass is 16.6. The van der Waals surface area contributed by atoms with Crippen LogP contribution in [0.1, 0.15) is 12.0 Å². The second-order valence-corrected chi connectivity index (χ2v) is 7.04. The van der Waals surface area contributed by atoms with Crippen LogP contribution < -0.4 is 4.90 Å². The second kappa shape index (κ2) is 7.82. The van der Waals surface area contributed by atoms with E-state index in [-0.39, 0.29) is 11.7 Å². The largest absolute Gasteiger partial charge is 0.328 e. The molecule has 2 aromatic rings. The highest BCUT2D eigenvalue weighted by Crippen LogP contribution is 2.26. The number of anilines is 1. The van der Waals surface area contributed by atoms with Gasteiger partial charge in [-0.05, 0) is 24.1 Å². The van der Waals surface area contributed by atoms with E-state index in [2.05, 4.69) is 23.1 Å². The van der Waals surface area contributed by atoms with Gasteiger partial charge in [-0.3, -0.25) is 24.8 Å². The Morgan fingerprint density at radius 1 is 0.929 bits per heavy atom. The molecule has 2 aliphatic heterocycles. The summed E-state index contributed by atoms with van der Waals surface area (Å²) in [5.41, 5.74) is 3.02. The lowest BCUT2D eigenvalue weighted by atomic mass is 10.1. The highest BCUT2D eigenvalue weighted by molar-refractivity contribution is 5.95. The molecule has 7 heteroatoms. The summed E-state index contributed by atoms with van der Waals surface area (Å²) >= 11 is 0. The minimum absolute atomic E-state index is 0.0267. The van der Waals surface area contributed by atoms with Gasteiger partial charge in [-0.1, -0.05) is 36.4 Å². The molecular weight excluding hydrogens is 356 g/mol. The first-order valence-electron chi connectivity index (χ1n) is 9.40. The van der Waals surface area contributed by atoms with Crippen molar-refractivity contribution in [2.75, 3.05) is 31.1 Å². The third-order valence-corrected chi connectivity index (χ3v) is 5.19. The molecule has 2 amide bonds. The van der Waals surface area contributed by atoms with Crippen molar-refractivity contribution in [1.82, 2.24) is 9.80 Å². The van der Waals surface area contributed by atoms with E-state index in [4.69, 9.17) is 0 Å². The summed E-state index contributed by atoms with van der Waals surface area (Å²) in [4.78, 5) is 29.2. The maximum absolute atomic E-state index is 12.9. The van der Waals surface area contributed by atoms with E-state index in [9.17, 15) is 14.9 Å². The van der Waals surface area contributed by atoms with Crippen LogP contribution in [0.3, 0.4) is 0 Å². The van der Waals surface area contributed by atoms with Crippen molar-refractivity contribution < 1.29 is 9.72 Å². The first kappa shape index (κ1) is 18.2. The Hall–Kier alpha value is -3.19. The lowest BCUT2D eigenvalue weighted by Gasteiger charge is -2.31. The second-order valence-electron chi connectivity index (χ2n) is 7.04. The summed E-state index contributed by atoms with van der Waals surface area (Å²) in [7, 11) is 0. The van der Waals surface area contributed by atoms with Crippen molar-refractivity contribution in [2.24, 2.45) is 0 Å². The van der Waals surface area contributed by atoms with Crippen LogP contribution >= 0.6 is 0 Å². The predicted molar refractivity (Wildman–Crippen MR) is 107 cm³/mol. The van der Waals surface area contributed by atoms with Gasteiger partial charge >= 0.3 is 6.03 Å². The number of nitrogens with zero attached hydrogens (tertiary/aromatic N) is 4. The quantitative estimate of drug-likeness (QED) is 0.588. The minimum Gasteiger partial charge on any atom is -0.295 e. The number of carbonyl (C=O) groups is 1. The van der Waals surface area contributed by atoms with Gasteiger partial charge in [0.25, 0.3) is 5.69 Å². The maximum Gasteiger partial charge on any atom is 0.328 e. The van der Waals surface area contributed by atoms with Crippen molar-refractivity contribution in [1.29, 1.82) is 0 Å². The molecule has 2 aromatic carbocycles. The molecule has 2 heterocycles. The first-order valence-corrected chi connectivity index (χ1v) is 9.40. The molecule has 0 N–H and O–H groups in total. The highest BCUT2D eigenvalue weighted by Gasteiger charge is 2.33. The molecule has 0 saturated carbocycles. The topological polar surface area (TPSA) is 69.9 Å². The molecule has 0 bridgehead atoms. The number of carbonyl (C=O) groups excluding carboxylic acids is 1. The van der Waals surface area contributed by atoms with Gasteiger partial charge in [-0.15, -0.1) is 0 Å². The zero-order valence-electron chi connectivity index (χ0n) is 15.5. The molecule has 0 unspecified atom stereocenters. The number of hydrogen-bond donors (Lipinski definition) is 0. The van der Waals surface area contributed by atoms with Gasteiger partial charge in [0.05, 0.1) is 4.92 Å². The van der Waals surface area contributed by atoms with Crippen molar-refractivity contribution in [3.05, 3.63) is 82.0 Å². The molecule has 144 valence electrons. The Bertz CT molecular complexity index is 896. The van der Waals surface area contributed by atoms with Crippen LogP contribution in [0.5, 0.6) is 0 Å². The van der Waals surface area contributed by atoms with Crippen LogP contribution in [0.4, 0.5) is 16.2 Å². The zero-order chi connectivity index (χ0) is 19.5. The molecule has 7 nitrogen and oxygen atoms in total. The third kappa shape index (κ3) is 3.75. The van der Waals surface area contributed by atoms with Crippen molar-refractivity contribution in [2.45, 2.75) is 13.0 Å². The van der Waals surface area contributed by atoms with E-state index in [0.29, 0.717) is 18.8 Å². The van der Waals surface area contributed by atoms with Gasteiger partial charge in [-0.25, -0.2) is 4.79 Å². The number of benzene rings is 2. The number of nitro benzene ring substituents is 1. The summed E-state index contributed by atoms with van der Waals surface area (Å²) in [6.07, 6.45) is 3.07. The Morgan fingerprint density at radius 3 is 2.36 bits per heavy atom. The summed E-state index contributed by atoms with van der Waals surface area (Å²) in [6.45, 7) is 3.79. The third-order valence-electron chi connectivity index (χ3n) is 5.19. The SMILES string of the molecule is O=C1N(C2=CCCN(Cc3ccccc3)C2)CCN1c1ccc([N+](=O)[O-])cc1. The van der Waals surface area contributed by atoms with Crippen molar-refractivity contribution in [3.63, 3.8) is 0 Å². The fourth-order valence-corrected chi connectivity index (χ4v) is 3.76. The molecule has 0 spiro atoms. The monoisotopic (exact) mass is 378 g/mol. The molecule has 1 fully saturated rings. The van der Waals surface area contributed by atoms with Gasteiger partial charge in [-0.2, -0.15) is 0 Å². The molecule has 1 saturated heterocycles. The summed E-state index contributed by atoms with van der Waals surface area (Å²) < 4.78 is 0. The minimum atomic E-state index is -0.434. The van der Waals surface area contributed by atoms with Crippen molar-refractivity contribution >= 4 is 17.4 Å². The molecule has 0 radical (unpaired) electrons. The lowest BCUT2D eigenvalue weighted by molar-refractivity contribution is -0.384. The summed E-state index contributed by atoms with van der Waals surface area (Å²) in [5.74, 6) is 0. The standard InChI is InChI=1S/C21H22N4O3/c26-21-23(18-8-10-19(11-9-18)25(27)28)13-14-24(21)20-7-4-12-22(16-20)15-17-5-2-1-3-6-17/h1-3,5-11H,4,12-16H2. The van der Waals surface area contributed by atoms with E-state index >= 15 is 0 Å². The van der Waals surface area contributed by atoms with Crippen LogP contribution in [0, 0.1) is 10.1 Å². The molecule has 0 atom stereocenters. The number of rotatable bonds is 5. The molecule has 2 aliphatic rings. The molecule has 0 aliphatic carbocycles. The summed E-state index contributed by atoms with van der Waals surface area (Å²) in [6, 6.07) is 16.4. The zero-order valence-corrected chi connectivity index (χ0v) is 15.5. The molecule has 4 rings (SSSR count). The number of nitro groups is 1. The average Bonchev–Trinajstić information content (AvgIpc) is 3.10. The predicted octanol–water partition coefficient (Wildman–Crippen LogP) is 3.63. The van der Waals surface area contributed by atoms with Crippen LogP contribution in [-0.2, 0) is 6.54 Å². The lowest BCUT2D eigenvalue weighted by Crippen LogP contribution is -2.38. The number of amides is 2. The van der Waals surface area contributed by atoms with Crippen LogP contribution in [0.25, 0.3) is 0 Å². The van der Waals surface area contributed by atoms with Gasteiger partial charge in [0.15, 0.2) is 0 Å². The molecule has 28 heavy (non-hydrogen) atoms. The van der Waals surface area contributed by atoms with E-state index in [1.54, 1.807) is 17.0 Å².